The van der Waals surface area contributed by atoms with Crippen LogP contribution in [-0.2, 0) is 14.8 Å². The van der Waals surface area contributed by atoms with Crippen molar-refractivity contribution in [3.05, 3.63) is 58.6 Å². The Kier molecular flexibility index (Phi) is 5.75. The van der Waals surface area contributed by atoms with E-state index < -0.39 is 22.0 Å². The summed E-state index contributed by atoms with van der Waals surface area (Å²) in [4.78, 5) is 12.6. The molecule has 0 bridgehead atoms. The highest BCUT2D eigenvalue weighted by molar-refractivity contribution is 7.92. The second kappa shape index (κ2) is 7.45. The molecule has 1 atom stereocenters. The Balaban J connectivity index is 2.33. The van der Waals surface area contributed by atoms with Gasteiger partial charge in [-0.1, -0.05) is 35.4 Å². The Hall–Kier alpha value is -2.05. The number of benzene rings is 2. The van der Waals surface area contributed by atoms with Crippen molar-refractivity contribution in [1.29, 1.82) is 0 Å². The number of hydrogen-bond donors (Lipinski definition) is 1. The topological polar surface area (TPSA) is 66.5 Å². The third-order valence-electron chi connectivity index (χ3n) is 3.90. The highest BCUT2D eigenvalue weighted by Gasteiger charge is 2.29. The number of carbonyl (C=O) groups is 1. The van der Waals surface area contributed by atoms with Crippen molar-refractivity contribution in [2.45, 2.75) is 26.8 Å². The molecule has 2 aromatic rings. The minimum Gasteiger partial charge on any atom is -0.324 e. The molecule has 0 saturated carbocycles. The van der Waals surface area contributed by atoms with E-state index in [0.717, 1.165) is 21.7 Å². The van der Waals surface area contributed by atoms with Crippen LogP contribution in [-0.4, -0.2) is 26.6 Å². The first-order chi connectivity index (χ1) is 11.6. The summed E-state index contributed by atoms with van der Waals surface area (Å²) in [6, 6.07) is 11.2. The van der Waals surface area contributed by atoms with Gasteiger partial charge >= 0.3 is 0 Å². The highest BCUT2D eigenvalue weighted by atomic mass is 35.5. The maximum absolute atomic E-state index is 12.6. The predicted octanol–water partition coefficient (Wildman–Crippen LogP) is 3.75. The van der Waals surface area contributed by atoms with Crippen molar-refractivity contribution in [2.24, 2.45) is 0 Å². The van der Waals surface area contributed by atoms with E-state index in [1.165, 1.54) is 0 Å². The van der Waals surface area contributed by atoms with E-state index in [9.17, 15) is 13.2 Å². The van der Waals surface area contributed by atoms with Gasteiger partial charge in [-0.25, -0.2) is 8.42 Å². The predicted molar refractivity (Wildman–Crippen MR) is 103 cm³/mol. The van der Waals surface area contributed by atoms with Crippen LogP contribution in [0.2, 0.25) is 5.02 Å². The van der Waals surface area contributed by atoms with E-state index in [4.69, 9.17) is 11.6 Å². The summed E-state index contributed by atoms with van der Waals surface area (Å²) >= 11 is 6.07. The molecule has 2 aromatic carbocycles. The van der Waals surface area contributed by atoms with Gasteiger partial charge in [-0.3, -0.25) is 9.10 Å². The summed E-state index contributed by atoms with van der Waals surface area (Å²) in [6.45, 7) is 5.25. The monoisotopic (exact) mass is 380 g/mol. The van der Waals surface area contributed by atoms with Crippen LogP contribution in [0.5, 0.6) is 0 Å². The third kappa shape index (κ3) is 4.52. The molecule has 1 amide bonds. The van der Waals surface area contributed by atoms with Crippen LogP contribution < -0.4 is 9.62 Å². The number of hydrogen-bond acceptors (Lipinski definition) is 3. The fourth-order valence-electron chi connectivity index (χ4n) is 2.48. The van der Waals surface area contributed by atoms with Gasteiger partial charge in [0.15, 0.2) is 0 Å². The van der Waals surface area contributed by atoms with E-state index in [-0.39, 0.29) is 0 Å². The van der Waals surface area contributed by atoms with Crippen molar-refractivity contribution in [1.82, 2.24) is 0 Å². The van der Waals surface area contributed by atoms with Crippen molar-refractivity contribution in [3.8, 4) is 0 Å². The highest BCUT2D eigenvalue weighted by Crippen LogP contribution is 2.25. The number of nitrogens with zero attached hydrogens (tertiary/aromatic N) is 1. The Morgan fingerprint density at radius 3 is 2.28 bits per heavy atom. The van der Waals surface area contributed by atoms with Gasteiger partial charge in [-0.15, -0.1) is 0 Å². The maximum Gasteiger partial charge on any atom is 0.248 e. The third-order valence-corrected chi connectivity index (χ3v) is 5.55. The van der Waals surface area contributed by atoms with Crippen molar-refractivity contribution >= 4 is 38.9 Å². The molecule has 0 saturated heterocycles. The van der Waals surface area contributed by atoms with Gasteiger partial charge in [-0.2, -0.15) is 0 Å². The van der Waals surface area contributed by atoms with Gasteiger partial charge in [0, 0.05) is 10.7 Å². The van der Waals surface area contributed by atoms with E-state index in [0.29, 0.717) is 16.4 Å². The Labute approximate surface area is 153 Å². The van der Waals surface area contributed by atoms with Crippen LogP contribution >= 0.6 is 11.6 Å². The average Bonchev–Trinajstić information content (AvgIpc) is 2.52. The lowest BCUT2D eigenvalue weighted by molar-refractivity contribution is -0.116. The number of sulfonamides is 1. The Bertz CT molecular complexity index is 880. The quantitative estimate of drug-likeness (QED) is 0.858. The first-order valence-corrected chi connectivity index (χ1v) is 9.96. The van der Waals surface area contributed by atoms with Gasteiger partial charge in [0.25, 0.3) is 0 Å². The number of rotatable bonds is 5. The summed E-state index contributed by atoms with van der Waals surface area (Å²) in [5.74, 6) is -0.434. The standard InChI is InChI=1S/C18H21ClN2O3S/c1-12-8-10-15(11-9-12)21(25(4,23)24)14(3)18(22)20-17-7-5-6-16(19)13(17)2/h5-11,14H,1-4H3,(H,20,22)/t14-/m0/s1. The SMILES string of the molecule is Cc1ccc(N([C@@H](C)C(=O)Nc2cccc(Cl)c2C)S(C)(=O)=O)cc1. The fourth-order valence-corrected chi connectivity index (χ4v) is 3.83. The molecular formula is C18H21ClN2O3S. The van der Waals surface area contributed by atoms with Gasteiger partial charge < -0.3 is 5.32 Å². The zero-order valence-corrected chi connectivity index (χ0v) is 16.1. The fraction of sp³-hybridized carbons (Fsp3) is 0.278. The minimum atomic E-state index is -3.64. The number of anilines is 2. The molecule has 7 heteroatoms. The van der Waals surface area contributed by atoms with Gasteiger partial charge in [-0.05, 0) is 50.6 Å². The first-order valence-electron chi connectivity index (χ1n) is 7.73. The van der Waals surface area contributed by atoms with Crippen molar-refractivity contribution in [3.63, 3.8) is 0 Å². The molecular weight excluding hydrogens is 360 g/mol. The Morgan fingerprint density at radius 2 is 1.72 bits per heavy atom. The lowest BCUT2D eigenvalue weighted by atomic mass is 10.2. The van der Waals surface area contributed by atoms with Crippen LogP contribution in [0, 0.1) is 13.8 Å². The van der Waals surface area contributed by atoms with E-state index in [2.05, 4.69) is 5.32 Å². The molecule has 0 aliphatic heterocycles. The normalized spacial score (nSPS) is 12.5. The molecule has 25 heavy (non-hydrogen) atoms. The lowest BCUT2D eigenvalue weighted by Crippen LogP contribution is -2.45. The summed E-state index contributed by atoms with van der Waals surface area (Å²) < 4.78 is 25.6. The Morgan fingerprint density at radius 1 is 1.12 bits per heavy atom. The van der Waals surface area contributed by atoms with Crippen LogP contribution in [0.4, 0.5) is 11.4 Å². The maximum atomic E-state index is 12.6. The molecule has 134 valence electrons. The molecule has 0 aromatic heterocycles. The molecule has 0 aliphatic rings. The molecule has 5 nitrogen and oxygen atoms in total. The van der Waals surface area contributed by atoms with Gasteiger partial charge in [0.1, 0.15) is 6.04 Å². The number of amides is 1. The largest absolute Gasteiger partial charge is 0.324 e. The summed E-state index contributed by atoms with van der Waals surface area (Å²) in [7, 11) is -3.64. The first kappa shape index (κ1) is 19.3. The lowest BCUT2D eigenvalue weighted by Gasteiger charge is -2.28. The molecule has 1 N–H and O–H groups in total. The number of carbonyl (C=O) groups excluding carboxylic acids is 1. The van der Waals surface area contributed by atoms with Crippen molar-refractivity contribution in [2.75, 3.05) is 15.9 Å². The molecule has 0 heterocycles. The number of halogens is 1. The zero-order valence-electron chi connectivity index (χ0n) is 14.6. The molecule has 0 unspecified atom stereocenters. The molecule has 0 spiro atoms. The average molecular weight is 381 g/mol. The van der Waals surface area contributed by atoms with Crippen molar-refractivity contribution < 1.29 is 13.2 Å². The second-order valence-corrected chi connectivity index (χ2v) is 8.24. The molecule has 0 fully saturated rings. The van der Waals surface area contributed by atoms with Crippen LogP contribution in [0.15, 0.2) is 42.5 Å². The van der Waals surface area contributed by atoms with Gasteiger partial charge in [0.2, 0.25) is 15.9 Å². The minimum absolute atomic E-state index is 0.434. The van der Waals surface area contributed by atoms with E-state index in [1.807, 2.05) is 6.92 Å². The number of nitrogens with one attached hydrogen (secondary N) is 1. The molecule has 2 rings (SSSR count). The van der Waals surface area contributed by atoms with E-state index >= 15 is 0 Å². The second-order valence-electron chi connectivity index (χ2n) is 5.97. The summed E-state index contributed by atoms with van der Waals surface area (Å²) in [5, 5.41) is 3.29. The van der Waals surface area contributed by atoms with E-state index in [1.54, 1.807) is 56.3 Å². The molecule has 0 radical (unpaired) electrons. The van der Waals surface area contributed by atoms with Gasteiger partial charge in [0.05, 0.1) is 11.9 Å². The molecule has 0 aliphatic carbocycles. The van der Waals surface area contributed by atoms with Crippen LogP contribution in [0.3, 0.4) is 0 Å². The summed E-state index contributed by atoms with van der Waals surface area (Å²) in [5.41, 5.74) is 2.73. The summed E-state index contributed by atoms with van der Waals surface area (Å²) in [6.07, 6.45) is 1.08. The zero-order chi connectivity index (χ0) is 18.8. The van der Waals surface area contributed by atoms with Crippen LogP contribution in [0.1, 0.15) is 18.1 Å². The number of aryl methyl sites for hydroxylation is 1. The van der Waals surface area contributed by atoms with Crippen LogP contribution in [0.25, 0.3) is 0 Å². The smallest absolute Gasteiger partial charge is 0.248 e.